The van der Waals surface area contributed by atoms with Crippen LogP contribution in [0.3, 0.4) is 0 Å². The first-order valence-corrected chi connectivity index (χ1v) is 10.5. The first-order chi connectivity index (χ1) is 11.7. The van der Waals surface area contributed by atoms with Gasteiger partial charge in [0.1, 0.15) is 6.10 Å². The average molecular weight is 367 g/mol. The molecule has 0 aliphatic rings. The van der Waals surface area contributed by atoms with Crippen LogP contribution in [0.25, 0.3) is 0 Å². The van der Waals surface area contributed by atoms with E-state index in [0.717, 1.165) is 12.8 Å². The van der Waals surface area contributed by atoms with Crippen LogP contribution in [0.4, 0.5) is 0 Å². The molecule has 4 heteroatoms. The van der Waals surface area contributed by atoms with Gasteiger partial charge >= 0.3 is 35.5 Å². The van der Waals surface area contributed by atoms with Gasteiger partial charge in [0.05, 0.1) is 6.61 Å². The summed E-state index contributed by atoms with van der Waals surface area (Å²) >= 11 is 0. The van der Waals surface area contributed by atoms with E-state index in [1.54, 1.807) is 0 Å². The molecule has 0 bridgehead atoms. The van der Waals surface area contributed by atoms with Crippen molar-refractivity contribution >= 4 is 5.97 Å². The third-order valence-electron chi connectivity index (χ3n) is 4.58. The maximum Gasteiger partial charge on any atom is 1.00 e. The van der Waals surface area contributed by atoms with Crippen LogP contribution in [-0.2, 0) is 9.53 Å². The number of unbranched alkanes of at least 4 members (excludes halogenated alkanes) is 15. The second-order valence-electron chi connectivity index (χ2n) is 7.15. The number of rotatable bonds is 18. The van der Waals surface area contributed by atoms with Crippen LogP contribution in [0.5, 0.6) is 0 Å². The molecule has 0 amide bonds. The van der Waals surface area contributed by atoms with Crippen LogP contribution in [0.15, 0.2) is 0 Å². The second kappa shape index (κ2) is 22.5. The van der Waals surface area contributed by atoms with Crippen molar-refractivity contribution in [2.24, 2.45) is 0 Å². The molecule has 146 valence electrons. The van der Waals surface area contributed by atoms with E-state index in [-0.39, 0.29) is 31.0 Å². The number of carbonyl (C=O) groups is 1. The molecule has 0 fully saturated rings. The summed E-state index contributed by atoms with van der Waals surface area (Å²) in [5.74, 6) is -0.504. The summed E-state index contributed by atoms with van der Waals surface area (Å²) in [5, 5.41) is 8.98. The van der Waals surface area contributed by atoms with E-state index in [1.165, 1.54) is 96.8 Å². The van der Waals surface area contributed by atoms with Gasteiger partial charge in [-0.25, -0.2) is 4.79 Å². The third kappa shape index (κ3) is 22.4. The van der Waals surface area contributed by atoms with Gasteiger partial charge < -0.3 is 11.3 Å². The van der Waals surface area contributed by atoms with Crippen LogP contribution >= 0.6 is 0 Å². The molecule has 3 nitrogen and oxygen atoms in total. The van der Waals surface area contributed by atoms with Gasteiger partial charge in [0.25, 0.3) is 0 Å². The minimum atomic E-state index is -0.994. The molecular weight excluding hydrogens is 323 g/mol. The van der Waals surface area contributed by atoms with Crippen molar-refractivity contribution in [1.82, 2.24) is 0 Å². The largest absolute Gasteiger partial charge is 1.00 e. The quantitative estimate of drug-likeness (QED) is 0.230. The fourth-order valence-corrected chi connectivity index (χ4v) is 2.94. The number of aliphatic hydroxyl groups is 1. The van der Waals surface area contributed by atoms with Crippen molar-refractivity contribution in [3.05, 3.63) is 0 Å². The van der Waals surface area contributed by atoms with Gasteiger partial charge in [-0.1, -0.05) is 103 Å². The smallest absolute Gasteiger partial charge is 1.00 e. The van der Waals surface area contributed by atoms with E-state index in [0.29, 0.717) is 6.61 Å². The van der Waals surface area contributed by atoms with Gasteiger partial charge in [0.2, 0.25) is 0 Å². The summed E-state index contributed by atoms with van der Waals surface area (Å²) in [7, 11) is 0. The van der Waals surface area contributed by atoms with Gasteiger partial charge in [-0.2, -0.15) is 0 Å². The van der Waals surface area contributed by atoms with Gasteiger partial charge in [0, 0.05) is 0 Å². The SMILES string of the molecule is CCCCCCCCCCCCCCCCCCOC(=O)C(C)O.[H-].[Na+]. The van der Waals surface area contributed by atoms with Gasteiger partial charge in [-0.05, 0) is 13.3 Å². The standard InChI is InChI=1S/C21H42O3.Na.H/c1-3-4-5-6-7-8-9-10-11-12-13-14-15-16-17-18-19-24-21(23)20(2)22;;/h20,22H,3-19H2,1-2H3;;/q;+1;-1. The molecule has 1 atom stereocenters. The second-order valence-corrected chi connectivity index (χ2v) is 7.15. The minimum Gasteiger partial charge on any atom is -1.00 e. The maximum atomic E-state index is 11.0. The summed E-state index contributed by atoms with van der Waals surface area (Å²) in [4.78, 5) is 11.0. The number of carbonyl (C=O) groups excluding carboxylic acids is 1. The summed E-state index contributed by atoms with van der Waals surface area (Å²) in [5.41, 5.74) is 0. The minimum absolute atomic E-state index is 0. The molecule has 0 heterocycles. The van der Waals surface area contributed by atoms with Crippen molar-refractivity contribution in [2.75, 3.05) is 6.61 Å². The number of aliphatic hydroxyl groups excluding tert-OH is 1. The average Bonchev–Trinajstić information content (AvgIpc) is 2.57. The van der Waals surface area contributed by atoms with Crippen molar-refractivity contribution < 1.29 is 45.6 Å². The van der Waals surface area contributed by atoms with Crippen LogP contribution < -0.4 is 29.6 Å². The Balaban J connectivity index is -0.00000264. The summed E-state index contributed by atoms with van der Waals surface area (Å²) in [6.45, 7) is 4.16. The monoisotopic (exact) mass is 366 g/mol. The molecule has 0 aromatic heterocycles. The number of esters is 1. The zero-order valence-electron chi connectivity index (χ0n) is 18.4. The van der Waals surface area contributed by atoms with Gasteiger partial charge in [0.15, 0.2) is 0 Å². The Morgan fingerprint density at radius 1 is 0.760 bits per heavy atom. The predicted octanol–water partition coefficient (Wildman–Crippen LogP) is 3.29. The molecule has 0 saturated carbocycles. The van der Waals surface area contributed by atoms with Crippen molar-refractivity contribution in [2.45, 2.75) is 123 Å². The first-order valence-electron chi connectivity index (χ1n) is 10.5. The molecule has 1 N–H and O–H groups in total. The Labute approximate surface area is 180 Å². The van der Waals surface area contributed by atoms with Crippen LogP contribution in [0, 0.1) is 0 Å². The molecule has 0 aromatic carbocycles. The predicted molar refractivity (Wildman–Crippen MR) is 103 cm³/mol. The Morgan fingerprint density at radius 3 is 1.40 bits per heavy atom. The van der Waals surface area contributed by atoms with Crippen molar-refractivity contribution in [3.8, 4) is 0 Å². The Hall–Kier alpha value is 0.430. The van der Waals surface area contributed by atoms with E-state index in [4.69, 9.17) is 9.84 Å². The van der Waals surface area contributed by atoms with E-state index < -0.39 is 12.1 Å². The Kier molecular flexibility index (Phi) is 24.9. The van der Waals surface area contributed by atoms with E-state index >= 15 is 0 Å². The zero-order chi connectivity index (χ0) is 17.9. The fourth-order valence-electron chi connectivity index (χ4n) is 2.94. The first kappa shape index (κ1) is 27.6. The van der Waals surface area contributed by atoms with Crippen LogP contribution in [-0.4, -0.2) is 23.8 Å². The number of hydrogen-bond acceptors (Lipinski definition) is 3. The molecule has 0 spiro atoms. The van der Waals surface area contributed by atoms with E-state index in [9.17, 15) is 4.79 Å². The molecule has 0 saturated heterocycles. The van der Waals surface area contributed by atoms with E-state index in [2.05, 4.69) is 6.92 Å². The third-order valence-corrected chi connectivity index (χ3v) is 4.58. The zero-order valence-corrected chi connectivity index (χ0v) is 19.4. The van der Waals surface area contributed by atoms with Crippen LogP contribution in [0.1, 0.15) is 118 Å². The Morgan fingerprint density at radius 2 is 1.08 bits per heavy atom. The Bertz CT molecular complexity index is 276. The topological polar surface area (TPSA) is 46.5 Å². The summed E-state index contributed by atoms with van der Waals surface area (Å²) in [6.07, 6.45) is 20.4. The molecule has 0 radical (unpaired) electrons. The number of ether oxygens (including phenoxy) is 1. The van der Waals surface area contributed by atoms with Crippen molar-refractivity contribution in [1.29, 1.82) is 0 Å². The molecule has 25 heavy (non-hydrogen) atoms. The van der Waals surface area contributed by atoms with Crippen LogP contribution in [0.2, 0.25) is 0 Å². The maximum absolute atomic E-state index is 11.0. The number of hydrogen-bond donors (Lipinski definition) is 1. The van der Waals surface area contributed by atoms with Gasteiger partial charge in [-0.3, -0.25) is 0 Å². The van der Waals surface area contributed by atoms with Crippen molar-refractivity contribution in [3.63, 3.8) is 0 Å². The fraction of sp³-hybridized carbons (Fsp3) is 0.952. The molecule has 0 aliphatic heterocycles. The van der Waals surface area contributed by atoms with Gasteiger partial charge in [-0.15, -0.1) is 0 Å². The molecule has 0 aromatic rings. The molecule has 0 rings (SSSR count). The normalized spacial score (nSPS) is 11.8. The molecule has 1 unspecified atom stereocenters. The molecular formula is C21H43NaO3. The summed E-state index contributed by atoms with van der Waals surface area (Å²) < 4.78 is 4.93. The molecule has 0 aliphatic carbocycles. The summed E-state index contributed by atoms with van der Waals surface area (Å²) in [6, 6.07) is 0. The van der Waals surface area contributed by atoms with E-state index in [1.807, 2.05) is 0 Å².